The van der Waals surface area contributed by atoms with E-state index in [0.29, 0.717) is 51.2 Å². The molecule has 3 aromatic heterocycles. The second-order valence-electron chi connectivity index (χ2n) is 12.2. The molecule has 1 saturated carbocycles. The molecule has 1 aliphatic heterocycles. The van der Waals surface area contributed by atoms with Crippen LogP contribution in [0.3, 0.4) is 0 Å². The van der Waals surface area contributed by atoms with E-state index < -0.39 is 17.8 Å². The van der Waals surface area contributed by atoms with Gasteiger partial charge in [0.25, 0.3) is 0 Å². The topological polar surface area (TPSA) is 121 Å². The number of halogens is 3. The van der Waals surface area contributed by atoms with Crippen LogP contribution in [0.1, 0.15) is 77.1 Å². The van der Waals surface area contributed by atoms with E-state index in [4.69, 9.17) is 14.5 Å². The molecule has 0 bridgehead atoms. The van der Waals surface area contributed by atoms with Crippen LogP contribution in [0.15, 0.2) is 61.3 Å². The number of methoxy groups -OCH3 is 1. The molecule has 2 aliphatic rings. The Morgan fingerprint density at radius 3 is 2.51 bits per heavy atom. The lowest BCUT2D eigenvalue weighted by Gasteiger charge is -2.20. The molecular formula is C35H31F3N8O3. The van der Waals surface area contributed by atoms with E-state index in [1.165, 1.54) is 24.3 Å². The minimum absolute atomic E-state index is 0.165. The summed E-state index contributed by atoms with van der Waals surface area (Å²) in [6, 6.07) is 12.0. The zero-order chi connectivity index (χ0) is 34.4. The summed E-state index contributed by atoms with van der Waals surface area (Å²) in [7, 11) is 3.35. The molecule has 250 valence electrons. The Morgan fingerprint density at radius 1 is 1.04 bits per heavy atom. The van der Waals surface area contributed by atoms with Crippen LogP contribution in [0.2, 0.25) is 0 Å². The van der Waals surface area contributed by atoms with Crippen LogP contribution >= 0.6 is 0 Å². The van der Waals surface area contributed by atoms with Gasteiger partial charge in [-0.25, -0.2) is 29.7 Å². The number of hydrogen-bond donors (Lipinski definition) is 0. The van der Waals surface area contributed by atoms with Crippen LogP contribution in [0.25, 0.3) is 34.6 Å². The first-order valence-electron chi connectivity index (χ1n) is 15.6. The predicted molar refractivity (Wildman–Crippen MR) is 174 cm³/mol. The molecule has 1 aliphatic carbocycles. The number of esters is 1. The first kappa shape index (κ1) is 31.9. The van der Waals surface area contributed by atoms with E-state index >= 15 is 0 Å². The van der Waals surface area contributed by atoms with Crippen molar-refractivity contribution in [1.82, 2.24) is 34.5 Å². The maximum atomic E-state index is 13.7. The Labute approximate surface area is 279 Å². The summed E-state index contributed by atoms with van der Waals surface area (Å²) >= 11 is 0. The Bertz CT molecular complexity index is 2110. The number of anilines is 1. The van der Waals surface area contributed by atoms with Gasteiger partial charge in [0.1, 0.15) is 29.8 Å². The third-order valence-electron chi connectivity index (χ3n) is 8.42. The molecule has 0 radical (unpaired) electrons. The first-order chi connectivity index (χ1) is 23.5. The van der Waals surface area contributed by atoms with Gasteiger partial charge in [-0.1, -0.05) is 30.3 Å². The van der Waals surface area contributed by atoms with Gasteiger partial charge in [0.2, 0.25) is 11.8 Å². The number of imidazole rings is 1. The second-order valence-corrected chi connectivity index (χ2v) is 12.2. The van der Waals surface area contributed by atoms with Gasteiger partial charge < -0.3 is 18.9 Å². The second kappa shape index (κ2) is 12.4. The van der Waals surface area contributed by atoms with Crippen molar-refractivity contribution in [1.29, 1.82) is 0 Å². The molecule has 0 atom stereocenters. The van der Waals surface area contributed by atoms with Crippen LogP contribution in [-0.2, 0) is 17.5 Å². The molecule has 0 spiro atoms. The van der Waals surface area contributed by atoms with Gasteiger partial charge in [0, 0.05) is 42.9 Å². The molecule has 7 rings (SSSR count). The molecule has 0 unspecified atom stereocenters. The first-order valence-corrected chi connectivity index (χ1v) is 15.6. The average Bonchev–Trinajstić information content (AvgIpc) is 3.75. The van der Waals surface area contributed by atoms with Crippen molar-refractivity contribution in [3.8, 4) is 28.7 Å². The summed E-state index contributed by atoms with van der Waals surface area (Å²) in [6.07, 6.45) is 3.04. The maximum Gasteiger partial charge on any atom is 0.434 e. The van der Waals surface area contributed by atoms with E-state index in [1.807, 2.05) is 18.0 Å². The minimum atomic E-state index is -4.61. The number of carbonyl (C=O) groups excluding carboxylic acids is 1. The van der Waals surface area contributed by atoms with Crippen LogP contribution < -0.4 is 9.64 Å². The van der Waals surface area contributed by atoms with Crippen molar-refractivity contribution >= 4 is 23.8 Å². The number of benzene rings is 2. The number of rotatable bonds is 9. The number of ether oxygens (including phenoxy) is 2. The van der Waals surface area contributed by atoms with E-state index in [9.17, 15) is 18.0 Å². The highest BCUT2D eigenvalue weighted by Gasteiger charge is 2.36. The molecule has 1 fully saturated rings. The highest BCUT2D eigenvalue weighted by Crippen LogP contribution is 2.45. The fourth-order valence-corrected chi connectivity index (χ4v) is 5.82. The lowest BCUT2D eigenvalue weighted by atomic mass is 10.00. The van der Waals surface area contributed by atoms with Gasteiger partial charge in [-0.2, -0.15) is 18.2 Å². The predicted octanol–water partition coefficient (Wildman–Crippen LogP) is 6.98. The molecule has 5 aromatic rings. The third kappa shape index (κ3) is 6.21. The largest absolute Gasteiger partial charge is 0.480 e. The normalized spacial score (nSPS) is 15.1. The number of nitrogens with zero attached hydrogens (tertiary/aromatic N) is 8. The average molecular weight is 669 g/mol. The molecule has 0 N–H and O–H groups in total. The van der Waals surface area contributed by atoms with E-state index in [2.05, 4.69) is 24.9 Å². The van der Waals surface area contributed by atoms with Gasteiger partial charge in [-0.05, 0) is 56.0 Å². The molecule has 49 heavy (non-hydrogen) atoms. The zero-order valence-electron chi connectivity index (χ0n) is 27.1. The number of alkyl halides is 3. The Kier molecular flexibility index (Phi) is 8.09. The summed E-state index contributed by atoms with van der Waals surface area (Å²) in [5, 5.41) is 0. The quantitative estimate of drug-likeness (QED) is 0.152. The Morgan fingerprint density at radius 2 is 1.80 bits per heavy atom. The monoisotopic (exact) mass is 668 g/mol. The fraction of sp³-hybridized carbons (Fsp3) is 0.286. The van der Waals surface area contributed by atoms with E-state index in [-0.39, 0.29) is 24.3 Å². The Balaban J connectivity index is 1.29. The van der Waals surface area contributed by atoms with E-state index in [1.54, 1.807) is 56.3 Å². The number of fused-ring (bicyclic) bond motifs is 1. The maximum absolute atomic E-state index is 13.7. The lowest BCUT2D eigenvalue weighted by molar-refractivity contribution is -0.140. The molecule has 11 nitrogen and oxygen atoms in total. The van der Waals surface area contributed by atoms with Crippen molar-refractivity contribution in [2.75, 3.05) is 19.1 Å². The van der Waals surface area contributed by atoms with Crippen LogP contribution in [0.4, 0.5) is 19.1 Å². The lowest BCUT2D eigenvalue weighted by Crippen LogP contribution is -2.20. The van der Waals surface area contributed by atoms with Crippen molar-refractivity contribution < 1.29 is 27.4 Å². The molecular weight excluding hydrogens is 637 g/mol. The SMILES string of the molecule is COc1ncnc(C2CC2)c1-c1ncnc(N(C)Cc2ccc(-c3nc(C(F)(F)F)cn3C(C)C)cc2/C=C2\OC(=O)c3ccccc32)n1. The van der Waals surface area contributed by atoms with Gasteiger partial charge in [0.05, 0.1) is 18.4 Å². The summed E-state index contributed by atoms with van der Waals surface area (Å²) < 4.78 is 53.9. The van der Waals surface area contributed by atoms with Gasteiger partial charge >= 0.3 is 12.1 Å². The summed E-state index contributed by atoms with van der Waals surface area (Å²) in [5.74, 6) is 1.42. The van der Waals surface area contributed by atoms with E-state index in [0.717, 1.165) is 30.3 Å². The third-order valence-corrected chi connectivity index (χ3v) is 8.42. The molecule has 14 heteroatoms. The van der Waals surface area contributed by atoms with Crippen LogP contribution in [-0.4, -0.2) is 54.6 Å². The Hall–Kier alpha value is -5.66. The van der Waals surface area contributed by atoms with Crippen LogP contribution in [0, 0.1) is 0 Å². The number of cyclic esters (lactones) is 1. The van der Waals surface area contributed by atoms with Gasteiger partial charge in [0.15, 0.2) is 11.5 Å². The number of hydrogen-bond acceptors (Lipinski definition) is 10. The summed E-state index contributed by atoms with van der Waals surface area (Å²) in [4.78, 5) is 40.8. The van der Waals surface area contributed by atoms with Crippen molar-refractivity contribution in [2.45, 2.75) is 51.4 Å². The van der Waals surface area contributed by atoms with Crippen molar-refractivity contribution in [3.05, 3.63) is 95.0 Å². The zero-order valence-corrected chi connectivity index (χ0v) is 27.1. The van der Waals surface area contributed by atoms with Gasteiger partial charge in [-0.3, -0.25) is 0 Å². The molecule has 0 amide bonds. The van der Waals surface area contributed by atoms with Gasteiger partial charge in [-0.15, -0.1) is 0 Å². The molecule has 2 aromatic carbocycles. The smallest absolute Gasteiger partial charge is 0.434 e. The number of aromatic nitrogens is 7. The number of carbonyl (C=O) groups is 1. The van der Waals surface area contributed by atoms with Crippen molar-refractivity contribution in [2.24, 2.45) is 0 Å². The standard InChI is InChI=1S/C35H31F3N8O3/c1-19(2)46-16-27(35(36,37)38)43-31(46)21-11-12-22(23(13-21)14-26-24-7-5-6-8-25(24)33(47)49-26)15-45(3)34-42-18-40-30(44-34)28-29(20-9-10-20)39-17-41-32(28)48-4/h5-8,11-14,16-20H,9-10,15H2,1-4H3/b26-14-. The fourth-order valence-electron chi connectivity index (χ4n) is 5.82. The molecule has 4 heterocycles. The highest BCUT2D eigenvalue weighted by atomic mass is 19.4. The van der Waals surface area contributed by atoms with Crippen LogP contribution in [0.5, 0.6) is 5.88 Å². The minimum Gasteiger partial charge on any atom is -0.480 e. The highest BCUT2D eigenvalue weighted by molar-refractivity contribution is 6.05. The van der Waals surface area contributed by atoms with Crippen molar-refractivity contribution in [3.63, 3.8) is 0 Å². The molecule has 0 saturated heterocycles. The summed E-state index contributed by atoms with van der Waals surface area (Å²) in [6.45, 7) is 3.86. The summed E-state index contributed by atoms with van der Waals surface area (Å²) in [5.41, 5.74) is 3.36.